The number of aromatic nitrogens is 3. The maximum absolute atomic E-state index is 13.0. The second-order valence-electron chi connectivity index (χ2n) is 7.58. The summed E-state index contributed by atoms with van der Waals surface area (Å²) >= 11 is 0. The highest BCUT2D eigenvalue weighted by atomic mass is 19.4. The van der Waals surface area contributed by atoms with Crippen LogP contribution >= 0.6 is 0 Å². The van der Waals surface area contributed by atoms with Crippen molar-refractivity contribution in [2.24, 2.45) is 0 Å². The molecule has 1 aliphatic rings. The van der Waals surface area contributed by atoms with E-state index in [1.54, 1.807) is 13.2 Å². The van der Waals surface area contributed by atoms with Crippen LogP contribution in [0.25, 0.3) is 0 Å². The number of carbonyl (C=O) groups is 2. The van der Waals surface area contributed by atoms with Gasteiger partial charge in [0.05, 0.1) is 18.0 Å². The third-order valence-electron chi connectivity index (χ3n) is 5.11. The minimum Gasteiger partial charge on any atom is -0.355 e. The molecule has 0 unspecified atom stereocenters. The first-order valence-corrected chi connectivity index (χ1v) is 9.97. The lowest BCUT2D eigenvalue weighted by Crippen LogP contribution is -2.47. The molecule has 3 heterocycles. The van der Waals surface area contributed by atoms with Crippen LogP contribution in [0.4, 0.5) is 35.4 Å². The molecule has 2 N–H and O–H groups in total. The molecule has 0 spiro atoms. The average Bonchev–Trinajstić information content (AvgIpc) is 2.72. The van der Waals surface area contributed by atoms with Crippen molar-refractivity contribution >= 4 is 29.4 Å². The predicted molar refractivity (Wildman–Crippen MR) is 112 cm³/mol. The Hall–Kier alpha value is -3.44. The summed E-state index contributed by atoms with van der Waals surface area (Å²) in [7, 11) is 1.61. The van der Waals surface area contributed by atoms with Gasteiger partial charge < -0.3 is 15.1 Å². The van der Waals surface area contributed by atoms with E-state index in [9.17, 15) is 22.8 Å². The van der Waals surface area contributed by atoms with Gasteiger partial charge in [0.2, 0.25) is 5.91 Å². The maximum Gasteiger partial charge on any atom is 0.416 e. The number of halogens is 3. The fourth-order valence-corrected chi connectivity index (χ4v) is 3.47. The lowest BCUT2D eigenvalue weighted by Gasteiger charge is -2.37. The fraction of sp³-hybridized carbons (Fsp3) is 0.450. The molecule has 0 atom stereocenters. The van der Waals surface area contributed by atoms with Crippen molar-refractivity contribution in [2.45, 2.75) is 38.9 Å². The van der Waals surface area contributed by atoms with Gasteiger partial charge in [0.1, 0.15) is 11.6 Å². The number of amides is 3. The maximum atomic E-state index is 13.0. The number of piperidine rings is 1. The van der Waals surface area contributed by atoms with Crippen LogP contribution in [-0.4, -0.2) is 58.0 Å². The second-order valence-corrected chi connectivity index (χ2v) is 7.58. The van der Waals surface area contributed by atoms with Crippen LogP contribution < -0.4 is 15.5 Å². The zero-order valence-corrected chi connectivity index (χ0v) is 17.9. The summed E-state index contributed by atoms with van der Waals surface area (Å²) in [4.78, 5) is 39.6. The van der Waals surface area contributed by atoms with Gasteiger partial charge in [0.15, 0.2) is 5.82 Å². The summed E-state index contributed by atoms with van der Waals surface area (Å²) in [6.45, 7) is 4.07. The highest BCUT2D eigenvalue weighted by Crippen LogP contribution is 2.31. The Morgan fingerprint density at radius 3 is 2.34 bits per heavy atom. The molecule has 1 aliphatic heterocycles. The molecule has 1 fully saturated rings. The van der Waals surface area contributed by atoms with Gasteiger partial charge >= 0.3 is 12.2 Å². The van der Waals surface area contributed by atoms with Crippen LogP contribution in [0.3, 0.4) is 0 Å². The molecule has 2 aromatic heterocycles. The number of urea groups is 1. The number of rotatable bonds is 4. The number of aryl methyl sites for hydroxylation is 1. The minimum absolute atomic E-state index is 0.0928. The number of alkyl halides is 3. The minimum atomic E-state index is -4.52. The molecule has 12 heteroatoms. The van der Waals surface area contributed by atoms with Gasteiger partial charge in [-0.05, 0) is 31.9 Å². The van der Waals surface area contributed by atoms with Crippen molar-refractivity contribution in [1.29, 1.82) is 0 Å². The molecule has 3 rings (SSSR count). The Morgan fingerprint density at radius 1 is 1.09 bits per heavy atom. The van der Waals surface area contributed by atoms with E-state index in [0.717, 1.165) is 12.1 Å². The number of nitrogens with zero attached hydrogens (tertiary/aromatic N) is 5. The number of hydrogen-bond donors (Lipinski definition) is 2. The van der Waals surface area contributed by atoms with Gasteiger partial charge in [-0.25, -0.2) is 19.7 Å². The van der Waals surface area contributed by atoms with Crippen LogP contribution in [0.5, 0.6) is 0 Å². The van der Waals surface area contributed by atoms with E-state index in [0.29, 0.717) is 37.6 Å². The van der Waals surface area contributed by atoms with Gasteiger partial charge in [0.25, 0.3) is 0 Å². The highest BCUT2D eigenvalue weighted by Gasteiger charge is 2.32. The van der Waals surface area contributed by atoms with Crippen molar-refractivity contribution in [1.82, 2.24) is 19.9 Å². The highest BCUT2D eigenvalue weighted by molar-refractivity contribution is 5.88. The molecular weight excluding hydrogens is 427 g/mol. The molecule has 0 aliphatic carbocycles. The van der Waals surface area contributed by atoms with Crippen LogP contribution in [0, 0.1) is 6.92 Å². The van der Waals surface area contributed by atoms with Crippen molar-refractivity contribution in [2.75, 3.05) is 35.7 Å². The molecule has 1 saturated heterocycles. The molecule has 9 nitrogen and oxygen atoms in total. The standard InChI is InChI=1S/C20H24F3N7O2/c1-12-8-14(20(21,22)23)9-16(26-12)28-19(32)29(3)15-4-6-30(7-5-15)18-11-24-17(10-25-18)27-13(2)31/h8-11,15H,4-7H2,1-3H3,(H,24,27,31)(H,26,28,32). The normalized spacial score (nSPS) is 14.8. The van der Waals surface area contributed by atoms with E-state index >= 15 is 0 Å². The van der Waals surface area contributed by atoms with E-state index in [1.807, 2.05) is 4.90 Å². The number of pyridine rings is 1. The topological polar surface area (TPSA) is 103 Å². The van der Waals surface area contributed by atoms with Gasteiger partial charge in [-0.2, -0.15) is 13.2 Å². The number of nitrogens with one attached hydrogen (secondary N) is 2. The van der Waals surface area contributed by atoms with E-state index < -0.39 is 17.8 Å². The number of hydrogen-bond acceptors (Lipinski definition) is 6. The van der Waals surface area contributed by atoms with Gasteiger partial charge in [-0.1, -0.05) is 0 Å². The van der Waals surface area contributed by atoms with Crippen LogP contribution in [-0.2, 0) is 11.0 Å². The number of carbonyl (C=O) groups excluding carboxylic acids is 2. The summed E-state index contributed by atoms with van der Waals surface area (Å²) in [5.74, 6) is 0.657. The fourth-order valence-electron chi connectivity index (χ4n) is 3.47. The Bertz CT molecular complexity index is 974. The van der Waals surface area contributed by atoms with E-state index in [-0.39, 0.29) is 23.5 Å². The van der Waals surface area contributed by atoms with E-state index in [1.165, 1.54) is 24.9 Å². The summed E-state index contributed by atoms with van der Waals surface area (Å²) in [6.07, 6.45) is -0.173. The summed E-state index contributed by atoms with van der Waals surface area (Å²) in [6, 6.07) is 1.14. The molecule has 32 heavy (non-hydrogen) atoms. The molecule has 172 valence electrons. The molecular formula is C20H24F3N7O2. The third kappa shape index (κ3) is 5.83. The monoisotopic (exact) mass is 451 g/mol. The molecule has 2 aromatic rings. The van der Waals surface area contributed by atoms with Gasteiger partial charge in [-0.3, -0.25) is 10.1 Å². The Balaban J connectivity index is 1.57. The Morgan fingerprint density at radius 2 is 1.78 bits per heavy atom. The zero-order chi connectivity index (χ0) is 23.5. The first kappa shape index (κ1) is 23.2. The SMILES string of the molecule is CC(=O)Nc1cnc(N2CCC(N(C)C(=O)Nc3cc(C(F)(F)F)cc(C)n3)CC2)cn1. The lowest BCUT2D eigenvalue weighted by atomic mass is 10.0. The van der Waals surface area contributed by atoms with Crippen molar-refractivity contribution in [3.05, 3.63) is 35.8 Å². The second kappa shape index (κ2) is 9.37. The predicted octanol–water partition coefficient (Wildman–Crippen LogP) is 3.29. The summed E-state index contributed by atoms with van der Waals surface area (Å²) in [5.41, 5.74) is -0.696. The van der Waals surface area contributed by atoms with E-state index in [4.69, 9.17) is 0 Å². The Labute approximate surface area is 183 Å². The van der Waals surface area contributed by atoms with Crippen molar-refractivity contribution in [3.63, 3.8) is 0 Å². The van der Waals surface area contributed by atoms with Crippen molar-refractivity contribution < 1.29 is 22.8 Å². The largest absolute Gasteiger partial charge is 0.416 e. The molecule has 0 bridgehead atoms. The smallest absolute Gasteiger partial charge is 0.355 e. The van der Waals surface area contributed by atoms with Crippen LogP contribution in [0.15, 0.2) is 24.5 Å². The lowest BCUT2D eigenvalue weighted by molar-refractivity contribution is -0.137. The van der Waals surface area contributed by atoms with Gasteiger partial charge in [-0.15, -0.1) is 0 Å². The van der Waals surface area contributed by atoms with Gasteiger partial charge in [0, 0.05) is 38.8 Å². The summed E-state index contributed by atoms with van der Waals surface area (Å²) < 4.78 is 39.0. The van der Waals surface area contributed by atoms with Crippen LogP contribution in [0.2, 0.25) is 0 Å². The first-order chi connectivity index (χ1) is 15.0. The zero-order valence-electron chi connectivity index (χ0n) is 17.9. The third-order valence-corrected chi connectivity index (χ3v) is 5.11. The quantitative estimate of drug-likeness (QED) is 0.740. The van der Waals surface area contributed by atoms with Crippen LogP contribution in [0.1, 0.15) is 31.0 Å². The molecule has 0 saturated carbocycles. The Kier molecular flexibility index (Phi) is 6.80. The molecule has 0 radical (unpaired) electrons. The average molecular weight is 451 g/mol. The van der Waals surface area contributed by atoms with E-state index in [2.05, 4.69) is 25.6 Å². The molecule has 0 aromatic carbocycles. The number of anilines is 3. The van der Waals surface area contributed by atoms with Crippen molar-refractivity contribution in [3.8, 4) is 0 Å². The molecule has 3 amide bonds. The summed E-state index contributed by atoms with van der Waals surface area (Å²) in [5, 5.41) is 5.02. The first-order valence-electron chi connectivity index (χ1n) is 9.97.